The molecule has 216 valence electrons. The molecule has 2 saturated heterocycles. The van der Waals surface area contributed by atoms with Crippen LogP contribution in [0.5, 0.6) is 5.75 Å². The van der Waals surface area contributed by atoms with Crippen LogP contribution in [0.3, 0.4) is 0 Å². The number of carboxylic acids is 2. The van der Waals surface area contributed by atoms with Crippen LogP contribution in [0, 0.1) is 11.8 Å². The van der Waals surface area contributed by atoms with Crippen LogP contribution in [0.4, 0.5) is 0 Å². The Bertz CT molecular complexity index is 1350. The summed E-state index contributed by atoms with van der Waals surface area (Å²) in [5.74, 6) is 2.18. The van der Waals surface area contributed by atoms with E-state index in [-0.39, 0.29) is 36.7 Å². The third-order valence-corrected chi connectivity index (χ3v) is 6.31. The molecule has 0 saturated carbocycles. The zero-order valence-electron chi connectivity index (χ0n) is 22.0. The molecular weight excluding hydrogens is 538 g/mol. The van der Waals surface area contributed by atoms with Crippen molar-refractivity contribution in [3.8, 4) is 17.6 Å². The summed E-state index contributed by atoms with van der Waals surface area (Å²) in [7, 11) is 0. The standard InChI is InChI=1S/C29H29NO11/c1-16(26(33)34)14-38-25-23(30-17(2)31)29(37-12-6-7-18-10-11-21(32)20(13-18)27(35)36)40-22-15-39-28(41-24(22)25)19-8-4-3-5-9-19/h3-5,8-11,13,22-25,28-29,32H,1,12,14-15H2,2H3,(H,30,31)(H,33,34)(H,35,36)/t22?,23-,24+,25?,28?,29+/m1/s1. The number of carbonyl (C=O) groups is 3. The highest BCUT2D eigenvalue weighted by Crippen LogP contribution is 2.36. The summed E-state index contributed by atoms with van der Waals surface area (Å²) in [6, 6.07) is 12.2. The van der Waals surface area contributed by atoms with E-state index in [1.54, 1.807) is 0 Å². The van der Waals surface area contributed by atoms with Crippen molar-refractivity contribution in [2.75, 3.05) is 19.8 Å². The molecule has 0 aromatic heterocycles. The number of fused-ring (bicyclic) bond motifs is 1. The molecule has 1 amide bonds. The van der Waals surface area contributed by atoms with Crippen molar-refractivity contribution in [3.63, 3.8) is 0 Å². The van der Waals surface area contributed by atoms with E-state index >= 15 is 0 Å². The number of aliphatic carboxylic acids is 1. The van der Waals surface area contributed by atoms with Gasteiger partial charge in [-0.3, -0.25) is 4.79 Å². The van der Waals surface area contributed by atoms with E-state index in [9.17, 15) is 29.7 Å². The number of hydrogen-bond acceptors (Lipinski definition) is 9. The van der Waals surface area contributed by atoms with Gasteiger partial charge >= 0.3 is 11.9 Å². The average Bonchev–Trinajstić information content (AvgIpc) is 2.95. The molecule has 3 unspecified atom stereocenters. The Morgan fingerprint density at radius 3 is 2.54 bits per heavy atom. The van der Waals surface area contributed by atoms with E-state index < -0.39 is 54.8 Å². The Labute approximate surface area is 235 Å². The van der Waals surface area contributed by atoms with Crippen molar-refractivity contribution in [1.82, 2.24) is 5.32 Å². The molecule has 0 aliphatic carbocycles. The second kappa shape index (κ2) is 13.4. The summed E-state index contributed by atoms with van der Waals surface area (Å²) >= 11 is 0. The van der Waals surface area contributed by atoms with Gasteiger partial charge in [-0.25, -0.2) is 9.59 Å². The molecule has 2 aliphatic rings. The SMILES string of the molecule is C=C(COC1[C@H]2OC(c3ccccc3)OCC2O[C@H](OCC#Cc2ccc(O)c(C(=O)O)c2)[C@@H]1NC(C)=O)C(=O)O. The van der Waals surface area contributed by atoms with E-state index in [1.165, 1.54) is 25.1 Å². The van der Waals surface area contributed by atoms with Gasteiger partial charge in [-0.05, 0) is 18.2 Å². The Hall–Kier alpha value is -4.25. The van der Waals surface area contributed by atoms with Crippen molar-refractivity contribution < 1.29 is 53.4 Å². The van der Waals surface area contributed by atoms with Crippen LogP contribution in [0.15, 0.2) is 60.7 Å². The molecule has 4 N–H and O–H groups in total. The fourth-order valence-corrected chi connectivity index (χ4v) is 4.39. The van der Waals surface area contributed by atoms with E-state index in [1.807, 2.05) is 30.3 Å². The highest BCUT2D eigenvalue weighted by molar-refractivity contribution is 5.91. The van der Waals surface area contributed by atoms with Crippen molar-refractivity contribution >= 4 is 17.8 Å². The smallest absolute Gasteiger partial charge is 0.339 e. The maximum Gasteiger partial charge on any atom is 0.339 e. The largest absolute Gasteiger partial charge is 0.507 e. The Morgan fingerprint density at radius 1 is 1.10 bits per heavy atom. The van der Waals surface area contributed by atoms with Crippen LogP contribution in [0.25, 0.3) is 0 Å². The number of rotatable bonds is 9. The number of nitrogens with one attached hydrogen (secondary N) is 1. The number of benzene rings is 2. The zero-order valence-corrected chi connectivity index (χ0v) is 22.0. The normalized spacial score (nSPS) is 25.2. The minimum atomic E-state index is -1.30. The summed E-state index contributed by atoms with van der Waals surface area (Å²) < 4.78 is 30.0. The van der Waals surface area contributed by atoms with Gasteiger partial charge in [0.2, 0.25) is 5.91 Å². The zero-order chi connectivity index (χ0) is 29.5. The lowest BCUT2D eigenvalue weighted by Crippen LogP contribution is -2.67. The van der Waals surface area contributed by atoms with Crippen LogP contribution in [0.2, 0.25) is 0 Å². The molecule has 4 rings (SSSR count). The van der Waals surface area contributed by atoms with Gasteiger partial charge in [-0.2, -0.15) is 0 Å². The summed E-state index contributed by atoms with van der Waals surface area (Å²) in [5, 5.41) is 30.9. The van der Waals surface area contributed by atoms with Crippen LogP contribution in [0.1, 0.15) is 34.7 Å². The molecule has 2 fully saturated rings. The molecule has 0 radical (unpaired) electrons. The molecule has 12 heteroatoms. The maximum atomic E-state index is 12.2. The lowest BCUT2D eigenvalue weighted by Gasteiger charge is -2.49. The molecular formula is C29H29NO11. The molecule has 0 spiro atoms. The number of amides is 1. The minimum absolute atomic E-state index is 0.0910. The van der Waals surface area contributed by atoms with Crippen LogP contribution in [-0.2, 0) is 33.3 Å². The van der Waals surface area contributed by atoms with Crippen LogP contribution < -0.4 is 5.32 Å². The van der Waals surface area contributed by atoms with Crippen molar-refractivity contribution in [2.24, 2.45) is 0 Å². The van der Waals surface area contributed by atoms with E-state index in [2.05, 4.69) is 23.7 Å². The summed E-state index contributed by atoms with van der Waals surface area (Å²) in [5.41, 5.74) is 0.601. The third-order valence-electron chi connectivity index (χ3n) is 6.31. The van der Waals surface area contributed by atoms with E-state index in [0.717, 1.165) is 5.56 Å². The van der Waals surface area contributed by atoms with Gasteiger partial charge in [-0.15, -0.1) is 0 Å². The molecule has 2 aromatic rings. The third kappa shape index (κ3) is 7.49. The summed E-state index contributed by atoms with van der Waals surface area (Å²) in [4.78, 5) is 34.8. The fourth-order valence-electron chi connectivity index (χ4n) is 4.39. The minimum Gasteiger partial charge on any atom is -0.507 e. The highest BCUT2D eigenvalue weighted by Gasteiger charge is 2.51. The lowest BCUT2D eigenvalue weighted by molar-refractivity contribution is -0.346. The fraction of sp³-hybridized carbons (Fsp3) is 0.345. The average molecular weight is 568 g/mol. The van der Waals surface area contributed by atoms with Gasteiger partial charge in [-0.1, -0.05) is 48.8 Å². The molecule has 6 atom stereocenters. The number of aromatic carboxylic acids is 1. The molecule has 2 heterocycles. The van der Waals surface area contributed by atoms with Gasteiger partial charge in [0.25, 0.3) is 0 Å². The first-order chi connectivity index (χ1) is 19.6. The van der Waals surface area contributed by atoms with Gasteiger partial charge < -0.3 is 44.3 Å². The van der Waals surface area contributed by atoms with Crippen molar-refractivity contribution in [2.45, 2.75) is 43.9 Å². The Kier molecular flexibility index (Phi) is 9.72. The van der Waals surface area contributed by atoms with E-state index in [4.69, 9.17) is 23.7 Å². The first-order valence-electron chi connectivity index (χ1n) is 12.6. The van der Waals surface area contributed by atoms with E-state index in [0.29, 0.717) is 5.56 Å². The first kappa shape index (κ1) is 29.7. The van der Waals surface area contributed by atoms with Gasteiger partial charge in [0.1, 0.15) is 42.3 Å². The maximum absolute atomic E-state index is 12.2. The van der Waals surface area contributed by atoms with Gasteiger partial charge in [0, 0.05) is 18.1 Å². The number of carbonyl (C=O) groups excluding carboxylic acids is 1. The van der Waals surface area contributed by atoms with Crippen molar-refractivity contribution in [1.29, 1.82) is 0 Å². The predicted molar refractivity (Wildman–Crippen MR) is 141 cm³/mol. The molecule has 12 nitrogen and oxygen atoms in total. The quantitative estimate of drug-likeness (QED) is 0.257. The van der Waals surface area contributed by atoms with Crippen molar-refractivity contribution in [3.05, 3.63) is 77.4 Å². The second-order valence-corrected chi connectivity index (χ2v) is 9.28. The summed E-state index contributed by atoms with van der Waals surface area (Å²) in [6.07, 6.45) is -4.23. The number of phenols is 1. The number of carboxylic acid groups (broad SMARTS) is 2. The Balaban J connectivity index is 1.54. The number of aromatic hydroxyl groups is 1. The molecule has 41 heavy (non-hydrogen) atoms. The lowest BCUT2D eigenvalue weighted by atomic mass is 9.95. The van der Waals surface area contributed by atoms with Crippen LogP contribution >= 0.6 is 0 Å². The molecule has 2 aromatic carbocycles. The Morgan fingerprint density at radius 2 is 1.85 bits per heavy atom. The molecule has 2 aliphatic heterocycles. The number of ether oxygens (including phenoxy) is 5. The van der Waals surface area contributed by atoms with Gasteiger partial charge in [0.15, 0.2) is 12.6 Å². The monoisotopic (exact) mass is 567 g/mol. The highest BCUT2D eigenvalue weighted by atomic mass is 16.7. The number of hydrogen-bond donors (Lipinski definition) is 4. The molecule has 0 bridgehead atoms. The predicted octanol–water partition coefficient (Wildman–Crippen LogP) is 1.83. The van der Waals surface area contributed by atoms with Crippen LogP contribution in [-0.4, -0.2) is 83.6 Å². The second-order valence-electron chi connectivity index (χ2n) is 9.28. The summed E-state index contributed by atoms with van der Waals surface area (Å²) in [6.45, 7) is 4.37. The first-order valence-corrected chi connectivity index (χ1v) is 12.6. The topological polar surface area (TPSA) is 170 Å². The van der Waals surface area contributed by atoms with Gasteiger partial charge in [0.05, 0.1) is 18.8 Å².